The summed E-state index contributed by atoms with van der Waals surface area (Å²) in [5.74, 6) is -1.53. The zero-order valence-corrected chi connectivity index (χ0v) is 14.6. The number of nitro benzene ring substituents is 1. The molecule has 0 aliphatic rings. The Labute approximate surface area is 154 Å². The van der Waals surface area contributed by atoms with Gasteiger partial charge < -0.3 is 14.8 Å². The number of non-ortho nitro benzene ring substituents is 1. The van der Waals surface area contributed by atoms with Gasteiger partial charge in [0.15, 0.2) is 0 Å². The molecule has 27 heavy (non-hydrogen) atoms. The van der Waals surface area contributed by atoms with Crippen molar-refractivity contribution < 1.29 is 28.4 Å². The van der Waals surface area contributed by atoms with Gasteiger partial charge in [0.2, 0.25) is 0 Å². The highest BCUT2D eigenvalue weighted by atomic mass is 19.1. The summed E-state index contributed by atoms with van der Waals surface area (Å²) in [6, 6.07) is 7.59. The molecule has 0 bridgehead atoms. The van der Waals surface area contributed by atoms with Gasteiger partial charge in [-0.25, -0.2) is 9.18 Å². The molecule has 0 heterocycles. The van der Waals surface area contributed by atoms with Gasteiger partial charge in [-0.2, -0.15) is 0 Å². The van der Waals surface area contributed by atoms with E-state index in [1.165, 1.54) is 37.4 Å². The lowest BCUT2D eigenvalue weighted by Crippen LogP contribution is -2.43. The van der Waals surface area contributed by atoms with Crippen LogP contribution in [0.1, 0.15) is 15.9 Å². The maximum absolute atomic E-state index is 13.0. The van der Waals surface area contributed by atoms with Gasteiger partial charge in [-0.05, 0) is 30.3 Å². The van der Waals surface area contributed by atoms with Gasteiger partial charge in [-0.15, -0.1) is 0 Å². The largest absolute Gasteiger partial charge is 0.496 e. The van der Waals surface area contributed by atoms with Crippen LogP contribution in [-0.4, -0.2) is 37.1 Å². The number of rotatable bonds is 7. The number of carbonyl (C=O) groups is 2. The maximum Gasteiger partial charge on any atom is 0.328 e. The zero-order chi connectivity index (χ0) is 20.0. The smallest absolute Gasteiger partial charge is 0.328 e. The average molecular weight is 376 g/mol. The fraction of sp³-hybridized carbons (Fsp3) is 0.222. The lowest BCUT2D eigenvalue weighted by atomic mass is 10.0. The highest BCUT2D eigenvalue weighted by Crippen LogP contribution is 2.25. The van der Waals surface area contributed by atoms with E-state index in [0.29, 0.717) is 11.3 Å². The van der Waals surface area contributed by atoms with Gasteiger partial charge in [-0.1, -0.05) is 0 Å². The van der Waals surface area contributed by atoms with Crippen molar-refractivity contribution in [1.82, 2.24) is 5.32 Å². The number of benzene rings is 2. The van der Waals surface area contributed by atoms with Crippen molar-refractivity contribution in [3.8, 4) is 5.75 Å². The van der Waals surface area contributed by atoms with Gasteiger partial charge in [0.05, 0.1) is 19.1 Å². The first kappa shape index (κ1) is 19.8. The molecule has 0 saturated heterocycles. The van der Waals surface area contributed by atoms with Gasteiger partial charge in [0, 0.05) is 29.7 Å². The first-order valence-electron chi connectivity index (χ1n) is 7.81. The fourth-order valence-corrected chi connectivity index (χ4v) is 2.44. The first-order chi connectivity index (χ1) is 12.8. The molecule has 0 unspecified atom stereocenters. The molecule has 2 aromatic carbocycles. The highest BCUT2D eigenvalue weighted by Gasteiger charge is 2.25. The van der Waals surface area contributed by atoms with Crippen LogP contribution >= 0.6 is 0 Å². The van der Waals surface area contributed by atoms with Crippen molar-refractivity contribution in [3.05, 3.63) is 69.5 Å². The molecule has 0 aromatic heterocycles. The number of nitro groups is 1. The summed E-state index contributed by atoms with van der Waals surface area (Å²) < 4.78 is 22.9. The van der Waals surface area contributed by atoms with Crippen LogP contribution in [0.5, 0.6) is 5.75 Å². The molecule has 0 saturated carbocycles. The Morgan fingerprint density at radius 1 is 1.19 bits per heavy atom. The van der Waals surface area contributed by atoms with E-state index in [1.807, 2.05) is 0 Å². The summed E-state index contributed by atoms with van der Waals surface area (Å²) in [6.45, 7) is 0. The van der Waals surface area contributed by atoms with E-state index < -0.39 is 28.7 Å². The molecule has 0 aliphatic carbocycles. The second kappa shape index (κ2) is 8.75. The van der Waals surface area contributed by atoms with Crippen molar-refractivity contribution in [2.45, 2.75) is 12.5 Å². The lowest BCUT2D eigenvalue weighted by molar-refractivity contribution is -0.384. The summed E-state index contributed by atoms with van der Waals surface area (Å²) in [6.07, 6.45) is -0.0928. The van der Waals surface area contributed by atoms with Crippen LogP contribution in [0.15, 0.2) is 42.5 Å². The Hall–Kier alpha value is -3.49. The van der Waals surface area contributed by atoms with Crippen molar-refractivity contribution in [3.63, 3.8) is 0 Å². The minimum Gasteiger partial charge on any atom is -0.496 e. The molecule has 9 heteroatoms. The lowest BCUT2D eigenvalue weighted by Gasteiger charge is -2.18. The number of amides is 1. The predicted molar refractivity (Wildman–Crippen MR) is 93.0 cm³/mol. The van der Waals surface area contributed by atoms with Crippen LogP contribution in [0.2, 0.25) is 0 Å². The third kappa shape index (κ3) is 5.00. The molecule has 142 valence electrons. The van der Waals surface area contributed by atoms with E-state index in [-0.39, 0.29) is 17.7 Å². The molecule has 2 rings (SSSR count). The Morgan fingerprint density at radius 3 is 2.41 bits per heavy atom. The van der Waals surface area contributed by atoms with E-state index in [4.69, 9.17) is 9.47 Å². The van der Waals surface area contributed by atoms with Crippen molar-refractivity contribution in [2.24, 2.45) is 0 Å². The van der Waals surface area contributed by atoms with Gasteiger partial charge >= 0.3 is 5.97 Å². The van der Waals surface area contributed by atoms with Crippen LogP contribution in [0.3, 0.4) is 0 Å². The summed E-state index contributed by atoms with van der Waals surface area (Å²) in [5.41, 5.74) is 0.317. The number of ether oxygens (including phenoxy) is 2. The molecule has 0 fully saturated rings. The summed E-state index contributed by atoms with van der Waals surface area (Å²) in [4.78, 5) is 34.8. The maximum atomic E-state index is 13.0. The van der Waals surface area contributed by atoms with Crippen LogP contribution in [-0.2, 0) is 16.0 Å². The molecule has 1 atom stereocenters. The monoisotopic (exact) mass is 376 g/mol. The molecule has 0 radical (unpaired) electrons. The highest BCUT2D eigenvalue weighted by molar-refractivity contribution is 5.96. The summed E-state index contributed by atoms with van der Waals surface area (Å²) in [5, 5.41) is 13.5. The Kier molecular flexibility index (Phi) is 6.42. The van der Waals surface area contributed by atoms with E-state index in [2.05, 4.69) is 5.32 Å². The summed E-state index contributed by atoms with van der Waals surface area (Å²) in [7, 11) is 2.54. The van der Waals surface area contributed by atoms with E-state index in [1.54, 1.807) is 0 Å². The quantitative estimate of drug-likeness (QED) is 0.451. The minimum atomic E-state index is -1.12. The number of carbonyl (C=O) groups excluding carboxylic acids is 2. The van der Waals surface area contributed by atoms with Crippen molar-refractivity contribution in [1.29, 1.82) is 0 Å². The topological polar surface area (TPSA) is 108 Å². The number of esters is 1. The third-order valence-electron chi connectivity index (χ3n) is 3.80. The Balaban J connectivity index is 2.28. The molecular weight excluding hydrogens is 359 g/mol. The molecule has 2 aromatic rings. The fourth-order valence-electron chi connectivity index (χ4n) is 2.44. The van der Waals surface area contributed by atoms with E-state index >= 15 is 0 Å². The zero-order valence-electron chi connectivity index (χ0n) is 14.6. The third-order valence-corrected chi connectivity index (χ3v) is 3.80. The van der Waals surface area contributed by atoms with Crippen LogP contribution in [0.4, 0.5) is 10.1 Å². The molecular formula is C18H17FN2O6. The Morgan fingerprint density at radius 2 is 1.85 bits per heavy atom. The van der Waals surface area contributed by atoms with Crippen molar-refractivity contribution >= 4 is 17.6 Å². The van der Waals surface area contributed by atoms with E-state index in [0.717, 1.165) is 19.2 Å². The second-order valence-corrected chi connectivity index (χ2v) is 5.51. The van der Waals surface area contributed by atoms with Crippen LogP contribution < -0.4 is 10.1 Å². The number of methoxy groups -OCH3 is 2. The number of hydrogen-bond acceptors (Lipinski definition) is 6. The van der Waals surface area contributed by atoms with Gasteiger partial charge in [-0.3, -0.25) is 14.9 Å². The standard InChI is InChI=1S/C18H17FN2O6/c1-26-16-8-7-14(21(24)25)9-12(16)10-15(18(23)27-2)20-17(22)11-3-5-13(19)6-4-11/h3-9,15H,10H2,1-2H3,(H,20,22)/t15-/m1/s1. The number of nitrogens with zero attached hydrogens (tertiary/aromatic N) is 1. The number of hydrogen-bond donors (Lipinski definition) is 1. The van der Waals surface area contributed by atoms with Crippen molar-refractivity contribution in [2.75, 3.05) is 14.2 Å². The van der Waals surface area contributed by atoms with E-state index in [9.17, 15) is 24.1 Å². The second-order valence-electron chi connectivity index (χ2n) is 5.51. The van der Waals surface area contributed by atoms with Gasteiger partial charge in [0.1, 0.15) is 17.6 Å². The molecule has 1 N–H and O–H groups in total. The van der Waals surface area contributed by atoms with Crippen LogP contribution in [0, 0.1) is 15.9 Å². The SMILES string of the molecule is COC(=O)[C@@H](Cc1cc([N+](=O)[O-])ccc1OC)NC(=O)c1ccc(F)cc1. The molecule has 0 spiro atoms. The van der Waals surface area contributed by atoms with Crippen LogP contribution in [0.25, 0.3) is 0 Å². The normalized spacial score (nSPS) is 11.4. The average Bonchev–Trinajstić information content (AvgIpc) is 2.67. The minimum absolute atomic E-state index is 0.0928. The molecule has 1 amide bonds. The number of nitrogens with one attached hydrogen (secondary N) is 1. The molecule has 8 nitrogen and oxygen atoms in total. The molecule has 0 aliphatic heterocycles. The number of halogens is 1. The predicted octanol–water partition coefficient (Wildman–Crippen LogP) is 2.26. The first-order valence-corrected chi connectivity index (χ1v) is 7.81. The summed E-state index contributed by atoms with van der Waals surface area (Å²) >= 11 is 0. The van der Waals surface area contributed by atoms with Gasteiger partial charge in [0.25, 0.3) is 11.6 Å². The Bertz CT molecular complexity index is 853.